The van der Waals surface area contributed by atoms with E-state index in [-0.39, 0.29) is 11.9 Å². The van der Waals surface area contributed by atoms with E-state index in [4.69, 9.17) is 18.9 Å². The summed E-state index contributed by atoms with van der Waals surface area (Å²) < 4.78 is 21.9. The van der Waals surface area contributed by atoms with E-state index in [9.17, 15) is 4.79 Å². The van der Waals surface area contributed by atoms with Gasteiger partial charge in [0.1, 0.15) is 6.61 Å². The highest BCUT2D eigenvalue weighted by atomic mass is 16.5. The predicted molar refractivity (Wildman–Crippen MR) is 117 cm³/mol. The summed E-state index contributed by atoms with van der Waals surface area (Å²) in [6.45, 7) is 2.26. The molecule has 1 aromatic heterocycles. The Morgan fingerprint density at radius 1 is 0.968 bits per heavy atom. The van der Waals surface area contributed by atoms with Gasteiger partial charge in [0.25, 0.3) is 5.91 Å². The van der Waals surface area contributed by atoms with E-state index in [1.54, 1.807) is 39.7 Å². The second-order valence-electron chi connectivity index (χ2n) is 6.81. The highest BCUT2D eigenvalue weighted by Crippen LogP contribution is 2.39. The van der Waals surface area contributed by atoms with Crippen LogP contribution in [0.4, 0.5) is 0 Å². The van der Waals surface area contributed by atoms with Crippen LogP contribution in [0.5, 0.6) is 23.1 Å². The van der Waals surface area contributed by atoms with Gasteiger partial charge in [0.15, 0.2) is 11.5 Å². The highest BCUT2D eigenvalue weighted by molar-refractivity contribution is 5.94. The Labute approximate surface area is 181 Å². The number of carbonyl (C=O) groups excluding carboxylic acids is 1. The maximum Gasteiger partial charge on any atom is 0.252 e. The van der Waals surface area contributed by atoms with Crippen LogP contribution in [-0.4, -0.2) is 32.2 Å². The first-order valence-corrected chi connectivity index (χ1v) is 9.79. The Kier molecular flexibility index (Phi) is 7.32. The number of rotatable bonds is 9. The van der Waals surface area contributed by atoms with E-state index in [2.05, 4.69) is 10.3 Å². The summed E-state index contributed by atoms with van der Waals surface area (Å²) in [5, 5.41) is 2.98. The molecule has 1 N–H and O–H groups in total. The number of hydrogen-bond donors (Lipinski definition) is 1. The molecule has 0 saturated heterocycles. The average molecular weight is 422 g/mol. The first-order chi connectivity index (χ1) is 15.0. The van der Waals surface area contributed by atoms with Crippen molar-refractivity contribution < 1.29 is 23.7 Å². The van der Waals surface area contributed by atoms with Crippen molar-refractivity contribution in [2.45, 2.75) is 19.6 Å². The molecule has 0 aliphatic carbocycles. The third-order valence-corrected chi connectivity index (χ3v) is 4.76. The van der Waals surface area contributed by atoms with Gasteiger partial charge in [0, 0.05) is 17.8 Å². The first kappa shape index (κ1) is 22.0. The minimum atomic E-state index is -0.303. The molecule has 162 valence electrons. The summed E-state index contributed by atoms with van der Waals surface area (Å²) >= 11 is 0. The molecule has 1 atom stereocenters. The fourth-order valence-corrected chi connectivity index (χ4v) is 3.08. The monoisotopic (exact) mass is 422 g/mol. The zero-order valence-electron chi connectivity index (χ0n) is 18.0. The smallest absolute Gasteiger partial charge is 0.252 e. The van der Waals surface area contributed by atoms with E-state index < -0.39 is 0 Å². The van der Waals surface area contributed by atoms with E-state index in [0.29, 0.717) is 35.3 Å². The average Bonchev–Trinajstić information content (AvgIpc) is 2.82. The molecule has 1 unspecified atom stereocenters. The largest absolute Gasteiger partial charge is 0.493 e. The molecule has 3 aromatic rings. The summed E-state index contributed by atoms with van der Waals surface area (Å²) in [6, 6.07) is 16.4. The minimum Gasteiger partial charge on any atom is -0.493 e. The number of nitrogens with zero attached hydrogens (tertiary/aromatic N) is 1. The van der Waals surface area contributed by atoms with Crippen molar-refractivity contribution in [3.8, 4) is 23.1 Å². The fraction of sp³-hybridized carbons (Fsp3) is 0.250. The standard InChI is InChI=1S/C24H26N2O5/c1-16(19-12-20(28-2)23(30-4)21(13-19)29-3)26-24(27)18-10-11-25-22(14-18)31-15-17-8-6-5-7-9-17/h5-14,16H,15H2,1-4H3,(H,26,27). The summed E-state index contributed by atoms with van der Waals surface area (Å²) in [5.74, 6) is 1.70. The number of nitrogens with one attached hydrogen (secondary N) is 1. The molecule has 7 heteroatoms. The van der Waals surface area contributed by atoms with Crippen LogP contribution in [0.3, 0.4) is 0 Å². The molecule has 1 heterocycles. The van der Waals surface area contributed by atoms with Crippen molar-refractivity contribution in [2.24, 2.45) is 0 Å². The van der Waals surface area contributed by atoms with E-state index in [1.165, 1.54) is 0 Å². The van der Waals surface area contributed by atoms with Gasteiger partial charge in [-0.1, -0.05) is 30.3 Å². The molecule has 1 amide bonds. The lowest BCUT2D eigenvalue weighted by atomic mass is 10.1. The van der Waals surface area contributed by atoms with Crippen molar-refractivity contribution in [3.05, 3.63) is 77.5 Å². The number of benzene rings is 2. The Morgan fingerprint density at radius 2 is 1.65 bits per heavy atom. The van der Waals surface area contributed by atoms with Gasteiger partial charge in [-0.2, -0.15) is 0 Å². The molecule has 0 radical (unpaired) electrons. The molecular weight excluding hydrogens is 396 g/mol. The number of ether oxygens (including phenoxy) is 4. The summed E-state index contributed by atoms with van der Waals surface area (Å²) in [5.41, 5.74) is 2.30. The van der Waals surface area contributed by atoms with Crippen LogP contribution >= 0.6 is 0 Å². The number of carbonyl (C=O) groups is 1. The Balaban J connectivity index is 1.71. The maximum atomic E-state index is 12.8. The van der Waals surface area contributed by atoms with Crippen LogP contribution in [0.2, 0.25) is 0 Å². The molecule has 31 heavy (non-hydrogen) atoms. The van der Waals surface area contributed by atoms with Crippen molar-refractivity contribution in [1.82, 2.24) is 10.3 Å². The molecular formula is C24H26N2O5. The number of pyridine rings is 1. The third-order valence-electron chi connectivity index (χ3n) is 4.76. The van der Waals surface area contributed by atoms with Gasteiger partial charge >= 0.3 is 0 Å². The van der Waals surface area contributed by atoms with Gasteiger partial charge in [-0.05, 0) is 36.2 Å². The van der Waals surface area contributed by atoms with Crippen molar-refractivity contribution in [2.75, 3.05) is 21.3 Å². The lowest BCUT2D eigenvalue weighted by Crippen LogP contribution is -2.26. The Morgan fingerprint density at radius 3 is 2.26 bits per heavy atom. The van der Waals surface area contributed by atoms with Crippen molar-refractivity contribution in [3.63, 3.8) is 0 Å². The fourth-order valence-electron chi connectivity index (χ4n) is 3.08. The van der Waals surface area contributed by atoms with Gasteiger partial charge in [-0.15, -0.1) is 0 Å². The van der Waals surface area contributed by atoms with Crippen LogP contribution in [0, 0.1) is 0 Å². The number of aromatic nitrogens is 1. The number of methoxy groups -OCH3 is 3. The number of hydrogen-bond acceptors (Lipinski definition) is 6. The maximum absolute atomic E-state index is 12.8. The molecule has 0 aliphatic rings. The zero-order valence-corrected chi connectivity index (χ0v) is 18.0. The van der Waals surface area contributed by atoms with Gasteiger partial charge in [-0.25, -0.2) is 4.98 Å². The van der Waals surface area contributed by atoms with Crippen LogP contribution in [0.25, 0.3) is 0 Å². The molecule has 0 spiro atoms. The van der Waals surface area contributed by atoms with Crippen LogP contribution in [0.15, 0.2) is 60.8 Å². The molecule has 0 saturated carbocycles. The second kappa shape index (κ2) is 10.3. The summed E-state index contributed by atoms with van der Waals surface area (Å²) in [7, 11) is 4.66. The lowest BCUT2D eigenvalue weighted by Gasteiger charge is -2.19. The Hall–Kier alpha value is -3.74. The van der Waals surface area contributed by atoms with Gasteiger partial charge in [0.2, 0.25) is 11.6 Å². The Bertz CT molecular complexity index is 998. The van der Waals surface area contributed by atoms with Gasteiger partial charge in [0.05, 0.1) is 27.4 Å². The lowest BCUT2D eigenvalue weighted by molar-refractivity contribution is 0.0939. The number of amides is 1. The second-order valence-corrected chi connectivity index (χ2v) is 6.81. The summed E-state index contributed by atoms with van der Waals surface area (Å²) in [4.78, 5) is 17.0. The van der Waals surface area contributed by atoms with Crippen molar-refractivity contribution >= 4 is 5.91 Å². The topological polar surface area (TPSA) is 78.9 Å². The van der Waals surface area contributed by atoms with Crippen molar-refractivity contribution in [1.29, 1.82) is 0 Å². The molecule has 2 aromatic carbocycles. The van der Waals surface area contributed by atoms with Crippen LogP contribution in [-0.2, 0) is 6.61 Å². The summed E-state index contributed by atoms with van der Waals surface area (Å²) in [6.07, 6.45) is 1.55. The minimum absolute atomic E-state index is 0.242. The first-order valence-electron chi connectivity index (χ1n) is 9.79. The molecule has 3 rings (SSSR count). The quantitative estimate of drug-likeness (QED) is 0.557. The molecule has 7 nitrogen and oxygen atoms in total. The van der Waals surface area contributed by atoms with E-state index in [1.807, 2.05) is 49.4 Å². The van der Waals surface area contributed by atoms with E-state index >= 15 is 0 Å². The zero-order chi connectivity index (χ0) is 22.2. The third kappa shape index (κ3) is 5.45. The predicted octanol–water partition coefficient (Wildman–Crippen LogP) is 4.18. The normalized spacial score (nSPS) is 11.4. The van der Waals surface area contributed by atoms with Gasteiger partial charge in [-0.3, -0.25) is 4.79 Å². The molecule has 0 aliphatic heterocycles. The molecule has 0 bridgehead atoms. The van der Waals surface area contributed by atoms with Crippen LogP contribution in [0.1, 0.15) is 34.5 Å². The van der Waals surface area contributed by atoms with E-state index in [0.717, 1.165) is 11.1 Å². The SMILES string of the molecule is COc1cc(C(C)NC(=O)c2ccnc(OCc3ccccc3)c2)cc(OC)c1OC. The highest BCUT2D eigenvalue weighted by Gasteiger charge is 2.18. The van der Waals surface area contributed by atoms with Gasteiger partial charge < -0.3 is 24.3 Å². The molecule has 0 fully saturated rings. The van der Waals surface area contributed by atoms with Crippen LogP contribution < -0.4 is 24.3 Å².